The maximum absolute atomic E-state index is 13.1. The third kappa shape index (κ3) is 3.96. The highest BCUT2D eigenvalue weighted by Crippen LogP contribution is 2.48. The average Bonchev–Trinajstić information content (AvgIpc) is 2.71. The van der Waals surface area contributed by atoms with Gasteiger partial charge in [0, 0.05) is 31.5 Å². The summed E-state index contributed by atoms with van der Waals surface area (Å²) in [6.45, 7) is 6.94. The standard InChI is InChI=1S/C23H25N3O3/c1-23(2)12-18(27)21-19(13-23)29-22(25-15-26-8-10-28-11-9-26)17(14-24)20(21)16-6-4-3-5-7-16/h3-7,15,20H,8-13H2,1-2H3/b25-15+. The van der Waals surface area contributed by atoms with E-state index in [2.05, 4.69) is 24.9 Å². The molecular formula is C23H25N3O3. The van der Waals surface area contributed by atoms with Crippen LogP contribution in [-0.4, -0.2) is 43.3 Å². The van der Waals surface area contributed by atoms with Crippen LogP contribution in [0.5, 0.6) is 0 Å². The van der Waals surface area contributed by atoms with Crippen molar-refractivity contribution >= 4 is 12.1 Å². The molecule has 1 fully saturated rings. The number of morpholine rings is 1. The number of nitriles is 1. The second-order valence-corrected chi connectivity index (χ2v) is 8.45. The molecule has 29 heavy (non-hydrogen) atoms. The summed E-state index contributed by atoms with van der Waals surface area (Å²) in [5, 5.41) is 9.98. The van der Waals surface area contributed by atoms with Crippen molar-refractivity contribution in [1.82, 2.24) is 4.90 Å². The molecule has 2 aliphatic heterocycles. The second kappa shape index (κ2) is 7.84. The Balaban J connectivity index is 1.78. The van der Waals surface area contributed by atoms with Crippen molar-refractivity contribution in [3.63, 3.8) is 0 Å². The van der Waals surface area contributed by atoms with Gasteiger partial charge in [0.1, 0.15) is 17.4 Å². The maximum atomic E-state index is 13.1. The van der Waals surface area contributed by atoms with E-state index >= 15 is 0 Å². The van der Waals surface area contributed by atoms with E-state index in [1.165, 1.54) is 0 Å². The van der Waals surface area contributed by atoms with Crippen LogP contribution in [0.25, 0.3) is 0 Å². The summed E-state index contributed by atoms with van der Waals surface area (Å²) < 4.78 is 11.5. The molecule has 1 aromatic carbocycles. The van der Waals surface area contributed by atoms with Crippen LogP contribution in [0.1, 0.15) is 38.2 Å². The fourth-order valence-electron chi connectivity index (χ4n) is 4.14. The maximum Gasteiger partial charge on any atom is 0.235 e. The molecule has 0 radical (unpaired) electrons. The van der Waals surface area contributed by atoms with E-state index in [-0.39, 0.29) is 17.1 Å². The van der Waals surface area contributed by atoms with Gasteiger partial charge in [-0.3, -0.25) is 4.79 Å². The lowest BCUT2D eigenvalue weighted by Gasteiger charge is -2.37. The van der Waals surface area contributed by atoms with Gasteiger partial charge in [0.05, 0.1) is 25.5 Å². The number of carbonyl (C=O) groups is 1. The minimum atomic E-state index is -0.439. The Bertz CT molecular complexity index is 932. The van der Waals surface area contributed by atoms with Crippen LogP contribution in [0.4, 0.5) is 0 Å². The zero-order valence-electron chi connectivity index (χ0n) is 16.9. The number of carbonyl (C=O) groups excluding carboxylic acids is 1. The molecule has 4 rings (SSSR count). The molecule has 1 atom stereocenters. The second-order valence-electron chi connectivity index (χ2n) is 8.45. The van der Waals surface area contributed by atoms with Crippen molar-refractivity contribution in [3.05, 3.63) is 58.7 Å². The molecule has 6 nitrogen and oxygen atoms in total. The molecule has 0 aromatic heterocycles. The normalized spacial score (nSPS) is 24.4. The minimum Gasteiger partial charge on any atom is -0.442 e. The molecule has 0 spiro atoms. The topological polar surface area (TPSA) is 74.9 Å². The van der Waals surface area contributed by atoms with E-state index in [0.717, 1.165) is 18.7 Å². The van der Waals surface area contributed by atoms with Gasteiger partial charge in [0.25, 0.3) is 0 Å². The first-order valence-electron chi connectivity index (χ1n) is 9.98. The molecule has 0 bridgehead atoms. The number of ether oxygens (including phenoxy) is 2. The fraction of sp³-hybridized carbons (Fsp3) is 0.435. The highest BCUT2D eigenvalue weighted by atomic mass is 16.5. The van der Waals surface area contributed by atoms with Gasteiger partial charge in [-0.1, -0.05) is 44.2 Å². The lowest BCUT2D eigenvalue weighted by Crippen LogP contribution is -2.35. The van der Waals surface area contributed by atoms with Crippen LogP contribution in [-0.2, 0) is 14.3 Å². The number of hydrogen-bond acceptors (Lipinski definition) is 5. The molecule has 6 heteroatoms. The number of rotatable bonds is 3. The van der Waals surface area contributed by atoms with Gasteiger partial charge < -0.3 is 14.4 Å². The largest absolute Gasteiger partial charge is 0.442 e. The lowest BCUT2D eigenvalue weighted by molar-refractivity contribution is -0.119. The predicted molar refractivity (Wildman–Crippen MR) is 109 cm³/mol. The quantitative estimate of drug-likeness (QED) is 0.582. The molecular weight excluding hydrogens is 366 g/mol. The van der Waals surface area contributed by atoms with Crippen molar-refractivity contribution in [2.45, 2.75) is 32.6 Å². The van der Waals surface area contributed by atoms with Crippen molar-refractivity contribution in [3.8, 4) is 6.07 Å². The molecule has 3 aliphatic rings. The fourth-order valence-corrected chi connectivity index (χ4v) is 4.14. The number of Topliss-reactive ketones (excluding diaryl/α,β-unsaturated/α-hetero) is 1. The number of allylic oxidation sites excluding steroid dienone is 3. The third-order valence-corrected chi connectivity index (χ3v) is 5.54. The number of ketones is 1. The number of benzene rings is 1. The molecule has 1 aromatic rings. The summed E-state index contributed by atoms with van der Waals surface area (Å²) in [5.74, 6) is 0.546. The predicted octanol–water partition coefficient (Wildman–Crippen LogP) is 3.54. The van der Waals surface area contributed by atoms with Gasteiger partial charge in [-0.2, -0.15) is 5.26 Å². The minimum absolute atomic E-state index is 0.0501. The molecule has 0 saturated carbocycles. The van der Waals surface area contributed by atoms with Crippen molar-refractivity contribution < 1.29 is 14.3 Å². The van der Waals surface area contributed by atoms with Crippen LogP contribution in [0.3, 0.4) is 0 Å². The van der Waals surface area contributed by atoms with Crippen LogP contribution in [0, 0.1) is 16.7 Å². The average molecular weight is 391 g/mol. The van der Waals surface area contributed by atoms with E-state index in [4.69, 9.17) is 9.47 Å². The Labute approximate surface area is 171 Å². The highest BCUT2D eigenvalue weighted by Gasteiger charge is 2.43. The summed E-state index contributed by atoms with van der Waals surface area (Å²) in [6, 6.07) is 12.0. The van der Waals surface area contributed by atoms with E-state index < -0.39 is 5.92 Å². The zero-order valence-corrected chi connectivity index (χ0v) is 16.9. The van der Waals surface area contributed by atoms with Crippen molar-refractivity contribution in [2.75, 3.05) is 26.3 Å². The van der Waals surface area contributed by atoms with Gasteiger partial charge >= 0.3 is 0 Å². The molecule has 1 saturated heterocycles. The van der Waals surface area contributed by atoms with Crippen molar-refractivity contribution in [2.24, 2.45) is 10.4 Å². The van der Waals surface area contributed by atoms with Gasteiger partial charge in [0.15, 0.2) is 5.78 Å². The molecule has 150 valence electrons. The molecule has 0 amide bonds. The summed E-state index contributed by atoms with van der Waals surface area (Å²) in [5.41, 5.74) is 1.72. The van der Waals surface area contributed by atoms with Gasteiger partial charge in [0.2, 0.25) is 5.88 Å². The Morgan fingerprint density at radius 1 is 1.21 bits per heavy atom. The molecule has 2 heterocycles. The van der Waals surface area contributed by atoms with Crippen LogP contribution < -0.4 is 0 Å². The Kier molecular flexibility index (Phi) is 5.25. The van der Waals surface area contributed by atoms with Crippen LogP contribution in [0.15, 0.2) is 58.1 Å². The number of aliphatic imine (C=N–C) groups is 1. The van der Waals surface area contributed by atoms with E-state index in [1.807, 2.05) is 35.2 Å². The monoisotopic (exact) mass is 391 g/mol. The molecule has 0 N–H and O–H groups in total. The zero-order chi connectivity index (χ0) is 20.4. The molecule has 1 unspecified atom stereocenters. The van der Waals surface area contributed by atoms with Gasteiger partial charge in [-0.05, 0) is 11.0 Å². The highest BCUT2D eigenvalue weighted by molar-refractivity contribution is 6.00. The van der Waals surface area contributed by atoms with E-state index in [9.17, 15) is 10.1 Å². The summed E-state index contributed by atoms with van der Waals surface area (Å²) >= 11 is 0. The summed E-state index contributed by atoms with van der Waals surface area (Å²) in [7, 11) is 0. The first-order chi connectivity index (χ1) is 14.0. The summed E-state index contributed by atoms with van der Waals surface area (Å²) in [4.78, 5) is 19.7. The molecule has 1 aliphatic carbocycles. The smallest absolute Gasteiger partial charge is 0.235 e. The van der Waals surface area contributed by atoms with E-state index in [0.29, 0.717) is 43.0 Å². The summed E-state index contributed by atoms with van der Waals surface area (Å²) in [6.07, 6.45) is 2.81. The lowest BCUT2D eigenvalue weighted by atomic mass is 9.70. The van der Waals surface area contributed by atoms with Crippen LogP contribution in [0.2, 0.25) is 0 Å². The number of hydrogen-bond donors (Lipinski definition) is 0. The first-order valence-corrected chi connectivity index (χ1v) is 9.98. The van der Waals surface area contributed by atoms with Gasteiger partial charge in [-0.15, -0.1) is 0 Å². The Morgan fingerprint density at radius 3 is 2.62 bits per heavy atom. The van der Waals surface area contributed by atoms with Crippen molar-refractivity contribution in [1.29, 1.82) is 5.26 Å². The SMILES string of the molecule is CC1(C)CC(=O)C2=C(C1)OC(/N=C/N1CCOCC1)=C(C#N)C2c1ccccc1. The van der Waals surface area contributed by atoms with Gasteiger partial charge in [-0.25, -0.2) is 4.99 Å². The first kappa shape index (κ1) is 19.4. The number of nitrogens with zero attached hydrogens (tertiary/aromatic N) is 3. The Hall–Kier alpha value is -2.91. The van der Waals surface area contributed by atoms with E-state index in [1.54, 1.807) is 6.34 Å². The Morgan fingerprint density at radius 2 is 1.93 bits per heavy atom. The van der Waals surface area contributed by atoms with Crippen LogP contribution >= 0.6 is 0 Å². The third-order valence-electron chi connectivity index (χ3n) is 5.54.